The second kappa shape index (κ2) is 20.3. The van der Waals surface area contributed by atoms with Crippen molar-refractivity contribution < 1.29 is 19.3 Å². The summed E-state index contributed by atoms with van der Waals surface area (Å²) >= 11 is 0. The van der Waals surface area contributed by atoms with Crippen molar-refractivity contribution in [2.75, 3.05) is 19.8 Å². The number of benzene rings is 1. The molecule has 0 aromatic heterocycles. The third-order valence-corrected chi connectivity index (χ3v) is 6.93. The Kier molecular flexibility index (Phi) is 17.5. The predicted molar refractivity (Wildman–Crippen MR) is 141 cm³/mol. The molecule has 1 heterocycles. The van der Waals surface area contributed by atoms with Gasteiger partial charge < -0.3 is 19.3 Å². The molecule has 34 heavy (non-hydrogen) atoms. The first kappa shape index (κ1) is 29.3. The Morgan fingerprint density at radius 2 is 1.29 bits per heavy atom. The normalized spacial score (nSPS) is 20.2. The molecule has 4 heteroatoms. The molecular formula is C30H52O4. The van der Waals surface area contributed by atoms with E-state index in [0.29, 0.717) is 26.4 Å². The van der Waals surface area contributed by atoms with Crippen LogP contribution in [0, 0.1) is 0 Å². The van der Waals surface area contributed by atoms with E-state index >= 15 is 0 Å². The van der Waals surface area contributed by atoms with Gasteiger partial charge in [0.15, 0.2) is 0 Å². The Morgan fingerprint density at radius 3 is 1.85 bits per heavy atom. The Morgan fingerprint density at radius 1 is 0.765 bits per heavy atom. The number of hydrogen-bond donors (Lipinski definition) is 1. The monoisotopic (exact) mass is 476 g/mol. The van der Waals surface area contributed by atoms with E-state index in [1.807, 2.05) is 18.2 Å². The van der Waals surface area contributed by atoms with Crippen LogP contribution in [-0.4, -0.2) is 43.2 Å². The number of aliphatic hydroxyl groups is 1. The fourth-order valence-corrected chi connectivity index (χ4v) is 4.76. The molecule has 1 N–H and O–H groups in total. The summed E-state index contributed by atoms with van der Waals surface area (Å²) in [5.74, 6) is 0. The van der Waals surface area contributed by atoms with Gasteiger partial charge in [0.1, 0.15) is 18.3 Å². The zero-order chi connectivity index (χ0) is 24.1. The number of aliphatic hydroxyl groups excluding tert-OH is 1. The second-order valence-electron chi connectivity index (χ2n) is 10.1. The molecule has 0 saturated carbocycles. The minimum atomic E-state index is -0.550. The van der Waals surface area contributed by atoms with Crippen LogP contribution in [0.4, 0.5) is 0 Å². The first-order valence-corrected chi connectivity index (χ1v) is 14.3. The molecular weight excluding hydrogens is 424 g/mol. The van der Waals surface area contributed by atoms with Crippen LogP contribution in [0.5, 0.6) is 0 Å². The maximum absolute atomic E-state index is 10.2. The van der Waals surface area contributed by atoms with Gasteiger partial charge in [-0.15, -0.1) is 0 Å². The largest absolute Gasteiger partial charge is 0.388 e. The molecule has 1 aliphatic rings. The first-order valence-electron chi connectivity index (χ1n) is 14.3. The number of rotatable bonds is 22. The second-order valence-corrected chi connectivity index (χ2v) is 10.1. The summed E-state index contributed by atoms with van der Waals surface area (Å²) in [6.45, 7) is 4.33. The van der Waals surface area contributed by atoms with Crippen LogP contribution in [0.2, 0.25) is 0 Å². The molecule has 0 amide bonds. The third-order valence-electron chi connectivity index (χ3n) is 6.93. The van der Waals surface area contributed by atoms with E-state index in [1.165, 1.54) is 96.3 Å². The highest BCUT2D eigenvalue weighted by atomic mass is 16.6. The summed E-state index contributed by atoms with van der Waals surface area (Å²) in [6, 6.07) is 10.1. The third kappa shape index (κ3) is 13.8. The van der Waals surface area contributed by atoms with Crippen LogP contribution in [-0.2, 0) is 20.8 Å². The predicted octanol–water partition coefficient (Wildman–Crippen LogP) is 7.61. The summed E-state index contributed by atoms with van der Waals surface area (Å²) < 4.78 is 17.5. The summed E-state index contributed by atoms with van der Waals surface area (Å²) in [5.41, 5.74) is 1.15. The molecule has 0 aliphatic carbocycles. The number of ether oxygens (including phenoxy) is 3. The highest BCUT2D eigenvalue weighted by molar-refractivity contribution is 5.13. The molecule has 1 fully saturated rings. The number of unbranched alkanes of at least 4 members (excludes halogenated alkanes) is 15. The van der Waals surface area contributed by atoms with E-state index in [-0.39, 0.29) is 12.2 Å². The van der Waals surface area contributed by atoms with Gasteiger partial charge in [-0.25, -0.2) is 0 Å². The van der Waals surface area contributed by atoms with Crippen LogP contribution in [0.15, 0.2) is 30.3 Å². The van der Waals surface area contributed by atoms with Crippen molar-refractivity contribution in [3.63, 3.8) is 0 Å². The van der Waals surface area contributed by atoms with Crippen molar-refractivity contribution in [1.29, 1.82) is 0 Å². The minimum absolute atomic E-state index is 0.181. The molecule has 0 bridgehead atoms. The minimum Gasteiger partial charge on any atom is -0.388 e. The number of hydrogen-bond acceptors (Lipinski definition) is 4. The van der Waals surface area contributed by atoms with Crippen molar-refractivity contribution in [2.24, 2.45) is 0 Å². The molecule has 196 valence electrons. The first-order chi connectivity index (χ1) is 16.8. The Balaban J connectivity index is 1.36. The van der Waals surface area contributed by atoms with Crippen molar-refractivity contribution in [3.05, 3.63) is 35.9 Å². The van der Waals surface area contributed by atoms with Crippen LogP contribution >= 0.6 is 0 Å². The molecule has 2 rings (SSSR count). The van der Waals surface area contributed by atoms with E-state index in [1.54, 1.807) is 0 Å². The molecule has 1 aromatic carbocycles. The van der Waals surface area contributed by atoms with E-state index in [9.17, 15) is 5.11 Å². The van der Waals surface area contributed by atoms with Gasteiger partial charge in [0.05, 0.1) is 19.8 Å². The maximum Gasteiger partial charge on any atom is 0.114 e. The molecule has 1 saturated heterocycles. The zero-order valence-corrected chi connectivity index (χ0v) is 21.9. The average molecular weight is 477 g/mol. The molecule has 0 spiro atoms. The van der Waals surface area contributed by atoms with Crippen molar-refractivity contribution in [2.45, 2.75) is 135 Å². The van der Waals surface area contributed by atoms with Gasteiger partial charge in [-0.05, 0) is 12.0 Å². The van der Waals surface area contributed by atoms with Crippen LogP contribution in [0.3, 0.4) is 0 Å². The lowest BCUT2D eigenvalue weighted by molar-refractivity contribution is -0.0687. The van der Waals surface area contributed by atoms with E-state index in [0.717, 1.165) is 12.0 Å². The molecule has 3 atom stereocenters. The molecule has 0 radical (unpaired) electrons. The lowest BCUT2D eigenvalue weighted by Gasteiger charge is -2.21. The SMILES string of the molecule is CCCCCCCCCCCCCCCCCCO[C@H]1[C@@H](O)CO[C@@H]1COCc1ccccc1. The average Bonchev–Trinajstić information content (AvgIpc) is 3.21. The fraction of sp³-hybridized carbons (Fsp3) is 0.800. The highest BCUT2D eigenvalue weighted by Gasteiger charge is 2.37. The summed E-state index contributed by atoms with van der Waals surface area (Å²) in [4.78, 5) is 0. The van der Waals surface area contributed by atoms with Gasteiger partial charge in [0.25, 0.3) is 0 Å². The fourth-order valence-electron chi connectivity index (χ4n) is 4.76. The van der Waals surface area contributed by atoms with Gasteiger partial charge in [-0.3, -0.25) is 0 Å². The topological polar surface area (TPSA) is 47.9 Å². The van der Waals surface area contributed by atoms with Crippen molar-refractivity contribution in [3.8, 4) is 0 Å². The quantitative estimate of drug-likeness (QED) is 0.175. The van der Waals surface area contributed by atoms with Crippen LogP contribution in [0.25, 0.3) is 0 Å². The highest BCUT2D eigenvalue weighted by Crippen LogP contribution is 2.20. The van der Waals surface area contributed by atoms with Gasteiger partial charge in [-0.2, -0.15) is 0 Å². The standard InChI is InChI=1S/C30H52O4/c1-2-3-4-5-6-7-8-9-10-11-12-13-14-15-16-20-23-33-30-28(31)25-34-29(30)26-32-24-27-21-18-17-19-22-27/h17-19,21-22,28-31H,2-16,20,23-26H2,1H3/t28-,29+,30-/m0/s1. The van der Waals surface area contributed by atoms with Gasteiger partial charge in [0.2, 0.25) is 0 Å². The Bertz CT molecular complexity index is 564. The summed E-state index contributed by atoms with van der Waals surface area (Å²) in [5, 5.41) is 10.2. The summed E-state index contributed by atoms with van der Waals surface area (Å²) in [7, 11) is 0. The smallest absolute Gasteiger partial charge is 0.114 e. The van der Waals surface area contributed by atoms with Gasteiger partial charge >= 0.3 is 0 Å². The summed E-state index contributed by atoms with van der Waals surface area (Å²) in [6.07, 6.45) is 20.9. The van der Waals surface area contributed by atoms with Gasteiger partial charge in [0, 0.05) is 6.61 Å². The van der Waals surface area contributed by atoms with Crippen LogP contribution in [0.1, 0.15) is 115 Å². The van der Waals surface area contributed by atoms with E-state index in [4.69, 9.17) is 14.2 Å². The molecule has 4 nitrogen and oxygen atoms in total. The molecule has 0 unspecified atom stereocenters. The van der Waals surface area contributed by atoms with Crippen molar-refractivity contribution >= 4 is 0 Å². The van der Waals surface area contributed by atoms with Crippen molar-refractivity contribution in [1.82, 2.24) is 0 Å². The lowest BCUT2D eigenvalue weighted by atomic mass is 10.0. The van der Waals surface area contributed by atoms with E-state index in [2.05, 4.69) is 19.1 Å². The molecule has 1 aromatic rings. The van der Waals surface area contributed by atoms with E-state index < -0.39 is 6.10 Å². The Labute approximate surface area is 209 Å². The maximum atomic E-state index is 10.2. The van der Waals surface area contributed by atoms with Gasteiger partial charge in [-0.1, -0.05) is 134 Å². The van der Waals surface area contributed by atoms with Crippen LogP contribution < -0.4 is 0 Å². The molecule has 1 aliphatic heterocycles. The zero-order valence-electron chi connectivity index (χ0n) is 21.9. The lowest BCUT2D eigenvalue weighted by Crippen LogP contribution is -2.36. The Hall–Kier alpha value is -0.940.